The Morgan fingerprint density at radius 3 is 1.51 bits per heavy atom. The maximum absolute atomic E-state index is 12.6. The summed E-state index contributed by atoms with van der Waals surface area (Å²) >= 11 is 0. The van der Waals surface area contributed by atoms with Crippen molar-refractivity contribution in [1.82, 2.24) is 4.90 Å². The van der Waals surface area contributed by atoms with E-state index in [0.717, 1.165) is 26.2 Å². The molecule has 1 heterocycles. The van der Waals surface area contributed by atoms with E-state index < -0.39 is 0 Å². The number of ether oxygens (including phenoxy) is 4. The molecule has 292 valence electrons. The Balaban J connectivity index is 2.87. The van der Waals surface area contributed by atoms with Crippen molar-refractivity contribution in [2.24, 2.45) is 11.8 Å². The van der Waals surface area contributed by atoms with Crippen molar-refractivity contribution in [2.45, 2.75) is 213 Å². The van der Waals surface area contributed by atoms with Crippen LogP contribution in [0.4, 0.5) is 0 Å². The largest absolute Gasteiger partial charge is 0.463 e. The molecule has 0 aromatic heterocycles. The van der Waals surface area contributed by atoms with Gasteiger partial charge in [-0.25, -0.2) is 0 Å². The number of hydrogen-bond acceptors (Lipinski definition) is 6. The van der Waals surface area contributed by atoms with Gasteiger partial charge in [-0.2, -0.15) is 0 Å². The minimum atomic E-state index is -0.265. The normalized spacial score (nSPS) is 19.1. The molecule has 1 aliphatic rings. The van der Waals surface area contributed by atoms with Crippen molar-refractivity contribution in [2.75, 3.05) is 47.1 Å². The molecule has 2 unspecified atom stereocenters. The number of unbranched alkanes of at least 4 members (excludes halogenated alkanes) is 16. The molecule has 6 heteroatoms. The first-order valence-corrected chi connectivity index (χ1v) is 21.6. The Hall–Kier alpha value is -0.690. The van der Waals surface area contributed by atoms with Crippen LogP contribution in [0.3, 0.4) is 0 Å². The highest BCUT2D eigenvalue weighted by Crippen LogP contribution is 2.27. The molecule has 1 rings (SSSR count). The number of rotatable bonds is 36. The van der Waals surface area contributed by atoms with Gasteiger partial charge < -0.3 is 23.8 Å². The zero-order chi connectivity index (χ0) is 35.8. The van der Waals surface area contributed by atoms with E-state index in [9.17, 15) is 4.79 Å². The second-order valence-corrected chi connectivity index (χ2v) is 15.7. The zero-order valence-electron chi connectivity index (χ0n) is 33.8. The van der Waals surface area contributed by atoms with E-state index in [1.807, 2.05) is 14.1 Å². The molecular weight excluding hydrogens is 610 g/mol. The van der Waals surface area contributed by atoms with E-state index in [0.29, 0.717) is 24.9 Å². The summed E-state index contributed by atoms with van der Waals surface area (Å²) in [4.78, 5) is 14.7. The van der Waals surface area contributed by atoms with Gasteiger partial charge in [-0.1, -0.05) is 156 Å². The number of hydrogen-bond donors (Lipinski definition) is 0. The lowest BCUT2D eigenvalue weighted by atomic mass is 9.94. The van der Waals surface area contributed by atoms with Crippen molar-refractivity contribution in [3.05, 3.63) is 0 Å². The molecule has 6 nitrogen and oxygen atoms in total. The third kappa shape index (κ3) is 25.8. The first-order valence-electron chi connectivity index (χ1n) is 21.6. The van der Waals surface area contributed by atoms with Crippen LogP contribution in [0.5, 0.6) is 0 Å². The number of nitrogens with zero attached hydrogens (tertiary/aromatic N) is 1. The van der Waals surface area contributed by atoms with Gasteiger partial charge in [0.2, 0.25) is 0 Å². The second kappa shape index (κ2) is 33.2. The van der Waals surface area contributed by atoms with E-state index >= 15 is 0 Å². The van der Waals surface area contributed by atoms with Crippen LogP contribution in [-0.2, 0) is 23.7 Å². The summed E-state index contributed by atoms with van der Waals surface area (Å²) in [5.74, 6) is 1.02. The smallest absolute Gasteiger partial charge is 0.305 e. The van der Waals surface area contributed by atoms with Crippen LogP contribution in [0.25, 0.3) is 0 Å². The van der Waals surface area contributed by atoms with E-state index in [-0.39, 0.29) is 30.9 Å². The van der Waals surface area contributed by atoms with Gasteiger partial charge in [-0.15, -0.1) is 0 Å². The van der Waals surface area contributed by atoms with E-state index in [1.54, 1.807) is 0 Å². The summed E-state index contributed by atoms with van der Waals surface area (Å²) in [6.45, 7) is 12.3. The molecule has 0 amide bonds. The second-order valence-electron chi connectivity index (χ2n) is 15.7. The molecule has 1 aliphatic heterocycles. The van der Waals surface area contributed by atoms with Crippen molar-refractivity contribution in [3.63, 3.8) is 0 Å². The van der Waals surface area contributed by atoms with Gasteiger partial charge in [0.25, 0.3) is 0 Å². The summed E-state index contributed by atoms with van der Waals surface area (Å²) in [6.07, 6.45) is 32.1. The number of carbonyl (C=O) groups excluding carboxylic acids is 1. The molecule has 0 N–H and O–H groups in total. The lowest BCUT2D eigenvalue weighted by Crippen LogP contribution is -2.39. The molecule has 1 fully saturated rings. The van der Waals surface area contributed by atoms with Crippen LogP contribution in [0.15, 0.2) is 0 Å². The SMILES string of the molecule is CCCCCCCCC(CCCCCC)CO[C@@H]1[C@@H](OCC(CCCCCC)CCCCCCCC)CO[C@@H]1COC(=O)CCCN(C)C. The molecule has 0 saturated carbocycles. The van der Waals surface area contributed by atoms with Crippen molar-refractivity contribution in [1.29, 1.82) is 0 Å². The predicted octanol–water partition coefficient (Wildman–Crippen LogP) is 11.7. The minimum Gasteiger partial charge on any atom is -0.463 e. The van der Waals surface area contributed by atoms with Gasteiger partial charge in [-0.05, 0) is 64.6 Å². The average molecular weight is 696 g/mol. The van der Waals surface area contributed by atoms with Gasteiger partial charge in [0.05, 0.1) is 19.8 Å². The standard InChI is InChI=1S/C43H85NO5/c1-7-11-15-19-21-25-30-38(28-23-17-13-9-3)34-46-40-36-47-41(37-48-42(45)32-27-33-44(5)6)43(40)49-35-39(29-24-18-14-10-4)31-26-22-20-16-12-8-2/h38-41,43H,7-37H2,1-6H3/t38?,39?,40-,41+,43+/m0/s1. The van der Waals surface area contributed by atoms with Gasteiger partial charge in [-0.3, -0.25) is 4.79 Å². The van der Waals surface area contributed by atoms with Crippen LogP contribution in [0.1, 0.15) is 195 Å². The Labute approximate surface area is 305 Å². The lowest BCUT2D eigenvalue weighted by molar-refractivity contribution is -0.150. The molecule has 0 spiro atoms. The van der Waals surface area contributed by atoms with Gasteiger partial charge in [0.15, 0.2) is 0 Å². The highest BCUT2D eigenvalue weighted by atomic mass is 16.6. The number of esters is 1. The van der Waals surface area contributed by atoms with Crippen LogP contribution in [-0.4, -0.2) is 76.2 Å². The first kappa shape index (κ1) is 46.3. The molecule has 1 saturated heterocycles. The lowest BCUT2D eigenvalue weighted by Gasteiger charge is -2.27. The minimum absolute atomic E-state index is 0.102. The summed E-state index contributed by atoms with van der Waals surface area (Å²) in [5.41, 5.74) is 0. The van der Waals surface area contributed by atoms with Crippen LogP contribution in [0, 0.1) is 11.8 Å². The number of carbonyl (C=O) groups is 1. The van der Waals surface area contributed by atoms with Crippen LogP contribution < -0.4 is 0 Å². The maximum Gasteiger partial charge on any atom is 0.305 e. The molecule has 5 atom stereocenters. The Bertz CT molecular complexity index is 718. The fourth-order valence-corrected chi connectivity index (χ4v) is 7.21. The molecule has 49 heavy (non-hydrogen) atoms. The molecule has 0 aromatic rings. The quantitative estimate of drug-likeness (QED) is 0.0480. The predicted molar refractivity (Wildman–Crippen MR) is 208 cm³/mol. The third-order valence-corrected chi connectivity index (χ3v) is 10.5. The molecule has 0 radical (unpaired) electrons. The highest BCUT2D eigenvalue weighted by molar-refractivity contribution is 5.69. The van der Waals surface area contributed by atoms with E-state index in [4.69, 9.17) is 18.9 Å². The van der Waals surface area contributed by atoms with Crippen LogP contribution in [0.2, 0.25) is 0 Å². The third-order valence-electron chi connectivity index (χ3n) is 10.5. The Morgan fingerprint density at radius 2 is 1.04 bits per heavy atom. The van der Waals surface area contributed by atoms with Gasteiger partial charge >= 0.3 is 5.97 Å². The monoisotopic (exact) mass is 696 g/mol. The highest BCUT2D eigenvalue weighted by Gasteiger charge is 2.40. The fraction of sp³-hybridized carbons (Fsp3) is 0.977. The molecular formula is C43H85NO5. The zero-order valence-corrected chi connectivity index (χ0v) is 33.8. The van der Waals surface area contributed by atoms with Gasteiger partial charge in [0, 0.05) is 6.42 Å². The summed E-state index contributed by atoms with van der Waals surface area (Å²) < 4.78 is 25.6. The summed E-state index contributed by atoms with van der Waals surface area (Å²) in [7, 11) is 4.07. The average Bonchev–Trinajstić information content (AvgIpc) is 3.48. The van der Waals surface area contributed by atoms with Crippen molar-refractivity contribution < 1.29 is 23.7 Å². The summed E-state index contributed by atoms with van der Waals surface area (Å²) in [5, 5.41) is 0. The topological polar surface area (TPSA) is 57.2 Å². The fourth-order valence-electron chi connectivity index (χ4n) is 7.21. The van der Waals surface area contributed by atoms with Crippen molar-refractivity contribution >= 4 is 5.97 Å². The van der Waals surface area contributed by atoms with Crippen LogP contribution >= 0.6 is 0 Å². The molecule has 0 aliphatic carbocycles. The first-order chi connectivity index (χ1) is 23.9. The maximum atomic E-state index is 12.6. The Kier molecular flexibility index (Phi) is 31.4. The Morgan fingerprint density at radius 1 is 0.612 bits per heavy atom. The van der Waals surface area contributed by atoms with Crippen molar-refractivity contribution in [3.8, 4) is 0 Å². The molecule has 0 aromatic carbocycles. The van der Waals surface area contributed by atoms with Gasteiger partial charge in [0.1, 0.15) is 24.9 Å². The van der Waals surface area contributed by atoms with E-state index in [2.05, 4.69) is 32.6 Å². The summed E-state index contributed by atoms with van der Waals surface area (Å²) in [6, 6.07) is 0. The molecule has 0 bridgehead atoms. The van der Waals surface area contributed by atoms with E-state index in [1.165, 1.54) is 154 Å².